The molecule has 2 heterocycles. The third kappa shape index (κ3) is 4.99. The summed E-state index contributed by atoms with van der Waals surface area (Å²) in [4.78, 5) is 20.2. The van der Waals surface area contributed by atoms with Crippen molar-refractivity contribution in [2.75, 3.05) is 18.4 Å². The van der Waals surface area contributed by atoms with Crippen molar-refractivity contribution < 1.29 is 13.2 Å². The molecule has 1 aliphatic carbocycles. The number of allylic oxidation sites excluding steroid dienone is 3. The first kappa shape index (κ1) is 22.4. The molecule has 0 bridgehead atoms. The third-order valence-electron chi connectivity index (χ3n) is 6.35. The van der Waals surface area contributed by atoms with Gasteiger partial charge in [-0.3, -0.25) is 4.79 Å². The van der Waals surface area contributed by atoms with Gasteiger partial charge in [-0.25, -0.2) is 9.44 Å². The van der Waals surface area contributed by atoms with Crippen molar-refractivity contribution in [2.45, 2.75) is 44.9 Å². The molecule has 0 spiro atoms. The molecule has 8 nitrogen and oxygen atoms in total. The van der Waals surface area contributed by atoms with Gasteiger partial charge < -0.3 is 10.2 Å². The van der Waals surface area contributed by atoms with Gasteiger partial charge in [0.2, 0.25) is 0 Å². The van der Waals surface area contributed by atoms with Gasteiger partial charge in [-0.05, 0) is 48.4 Å². The lowest BCUT2D eigenvalue weighted by molar-refractivity contribution is -0.110. The molecule has 1 fully saturated rings. The van der Waals surface area contributed by atoms with Gasteiger partial charge >= 0.3 is 0 Å². The summed E-state index contributed by atoms with van der Waals surface area (Å²) in [6.45, 7) is 9.93. The normalized spacial score (nSPS) is 23.0. The molecule has 168 valence electrons. The number of nitrogens with one attached hydrogen (secondary N) is 3. The number of benzene rings is 1. The van der Waals surface area contributed by atoms with Gasteiger partial charge in [0.1, 0.15) is 0 Å². The number of aliphatic imine (C=N–C) groups is 1. The lowest BCUT2D eigenvalue weighted by Gasteiger charge is -2.26. The van der Waals surface area contributed by atoms with E-state index >= 15 is 0 Å². The molecule has 32 heavy (non-hydrogen) atoms. The van der Waals surface area contributed by atoms with Gasteiger partial charge in [-0.15, -0.1) is 4.99 Å². The lowest BCUT2D eigenvalue weighted by atomic mass is 9.83. The molecule has 1 aromatic carbocycles. The monoisotopic (exact) mass is 453 g/mol. The Balaban J connectivity index is 1.61. The largest absolute Gasteiger partial charge is 0.361 e. The molecule has 1 amide bonds. The molecule has 0 aromatic heterocycles. The van der Waals surface area contributed by atoms with Crippen LogP contribution in [0.1, 0.15) is 56.1 Å². The fourth-order valence-corrected chi connectivity index (χ4v) is 5.24. The molecule has 9 heteroatoms. The second kappa shape index (κ2) is 9.36. The van der Waals surface area contributed by atoms with Crippen molar-refractivity contribution in [1.82, 2.24) is 9.44 Å². The number of anilines is 1. The molecule has 3 N–H and O–H groups in total. The Bertz CT molecular complexity index is 1150. The highest BCUT2D eigenvalue weighted by molar-refractivity contribution is 7.87. The first-order chi connectivity index (χ1) is 15.4. The van der Waals surface area contributed by atoms with Crippen molar-refractivity contribution >= 4 is 33.1 Å². The average molecular weight is 454 g/mol. The number of rotatable bonds is 5. The third-order valence-corrected chi connectivity index (χ3v) is 7.44. The van der Waals surface area contributed by atoms with E-state index in [-0.39, 0.29) is 17.6 Å². The minimum absolute atomic E-state index is 0.000705. The van der Waals surface area contributed by atoms with Crippen LogP contribution in [-0.2, 0) is 15.0 Å². The maximum Gasteiger partial charge on any atom is 0.293 e. The van der Waals surface area contributed by atoms with Crippen LogP contribution in [0.4, 0.5) is 5.69 Å². The molecule has 1 atom stereocenters. The lowest BCUT2D eigenvalue weighted by Crippen LogP contribution is -2.47. The minimum atomic E-state index is -3.41. The van der Waals surface area contributed by atoms with Gasteiger partial charge in [0.25, 0.3) is 21.9 Å². The smallest absolute Gasteiger partial charge is 0.293 e. The number of hydrogen-bond acceptors (Lipinski definition) is 4. The van der Waals surface area contributed by atoms with E-state index in [4.69, 9.17) is 6.57 Å². The van der Waals surface area contributed by atoms with E-state index in [1.54, 1.807) is 6.08 Å². The highest BCUT2D eigenvalue weighted by atomic mass is 32.2. The summed E-state index contributed by atoms with van der Waals surface area (Å²) in [5, 5.41) is 2.99. The van der Waals surface area contributed by atoms with Gasteiger partial charge in [0.15, 0.2) is 5.71 Å². The zero-order valence-corrected chi connectivity index (χ0v) is 18.8. The predicted molar refractivity (Wildman–Crippen MR) is 125 cm³/mol. The average Bonchev–Trinajstić information content (AvgIpc) is 3.29. The van der Waals surface area contributed by atoms with E-state index in [9.17, 15) is 13.2 Å². The fraction of sp³-hybridized carbons (Fsp3) is 0.435. The molecule has 1 aromatic rings. The number of carbonyl (C=O) groups is 1. The van der Waals surface area contributed by atoms with Crippen LogP contribution in [0.3, 0.4) is 0 Å². The second-order valence-corrected chi connectivity index (χ2v) is 9.96. The van der Waals surface area contributed by atoms with Crippen LogP contribution in [0.25, 0.3) is 10.4 Å². The van der Waals surface area contributed by atoms with E-state index in [0.29, 0.717) is 36.8 Å². The summed E-state index contributed by atoms with van der Waals surface area (Å²) in [7, 11) is -3.41. The Kier molecular flexibility index (Phi) is 6.55. The van der Waals surface area contributed by atoms with Crippen LogP contribution in [0, 0.1) is 12.5 Å². The van der Waals surface area contributed by atoms with E-state index in [0.717, 1.165) is 36.8 Å². The Morgan fingerprint density at radius 2 is 2.06 bits per heavy atom. The summed E-state index contributed by atoms with van der Waals surface area (Å²) < 4.78 is 28.4. The predicted octanol–water partition coefficient (Wildman–Crippen LogP) is 3.35. The Morgan fingerprint density at radius 3 is 2.69 bits per heavy atom. The highest BCUT2D eigenvalue weighted by Gasteiger charge is 2.26. The quantitative estimate of drug-likeness (QED) is 0.596. The minimum Gasteiger partial charge on any atom is -0.361 e. The van der Waals surface area contributed by atoms with Crippen molar-refractivity contribution in [1.29, 1.82) is 0 Å². The Hall–Kier alpha value is -2.80. The van der Waals surface area contributed by atoms with Crippen LogP contribution in [0.2, 0.25) is 0 Å². The zero-order valence-electron chi connectivity index (χ0n) is 18.0. The van der Waals surface area contributed by atoms with E-state index in [2.05, 4.69) is 43.7 Å². The maximum atomic E-state index is 12.8. The van der Waals surface area contributed by atoms with Crippen molar-refractivity contribution in [2.24, 2.45) is 10.9 Å². The summed E-state index contributed by atoms with van der Waals surface area (Å²) in [6.07, 6.45) is 8.47. The first-order valence-electron chi connectivity index (χ1n) is 10.9. The summed E-state index contributed by atoms with van der Waals surface area (Å²) >= 11 is 0. The molecular weight excluding hydrogens is 426 g/mol. The van der Waals surface area contributed by atoms with Gasteiger partial charge in [0.05, 0.1) is 0 Å². The van der Waals surface area contributed by atoms with Crippen LogP contribution >= 0.6 is 0 Å². The van der Waals surface area contributed by atoms with Gasteiger partial charge in [-0.2, -0.15) is 8.42 Å². The fourth-order valence-electron chi connectivity index (χ4n) is 4.30. The number of carbonyl (C=O) groups excluding carboxylic acids is 1. The molecule has 3 aliphatic rings. The summed E-state index contributed by atoms with van der Waals surface area (Å²) in [5.74, 6) is 0.629. The molecule has 1 saturated heterocycles. The van der Waals surface area contributed by atoms with E-state index in [1.807, 2.05) is 12.1 Å². The Morgan fingerprint density at radius 1 is 1.28 bits per heavy atom. The molecule has 2 aliphatic heterocycles. The SMILES string of the molecule is [C-]#[N+]C1=CCC(C(=O)Nc2ccc(C3CNS(=O)(=O)NC3)cc2C2=CCC(CC)CC2)=N1. The van der Waals surface area contributed by atoms with Crippen LogP contribution in [0.15, 0.2) is 41.2 Å². The van der Waals surface area contributed by atoms with Crippen molar-refractivity contribution in [3.63, 3.8) is 0 Å². The summed E-state index contributed by atoms with van der Waals surface area (Å²) in [6, 6.07) is 5.89. The van der Waals surface area contributed by atoms with Crippen molar-refractivity contribution in [3.8, 4) is 0 Å². The van der Waals surface area contributed by atoms with Gasteiger partial charge in [-0.1, -0.05) is 38.1 Å². The Labute approximate surface area is 188 Å². The molecule has 1 unspecified atom stereocenters. The topological polar surface area (TPSA) is 104 Å². The first-order valence-corrected chi connectivity index (χ1v) is 12.4. The summed E-state index contributed by atoms with van der Waals surface area (Å²) in [5.41, 5.74) is 4.23. The van der Waals surface area contributed by atoms with Crippen LogP contribution < -0.4 is 14.8 Å². The highest BCUT2D eigenvalue weighted by Crippen LogP contribution is 2.36. The molecular formula is C23H27N5O3S. The number of amides is 1. The molecule has 4 rings (SSSR count). The molecule has 0 radical (unpaired) electrons. The van der Waals surface area contributed by atoms with Crippen LogP contribution in [0.5, 0.6) is 0 Å². The van der Waals surface area contributed by atoms with Gasteiger partial charge in [0, 0.05) is 36.7 Å². The number of nitrogens with zero attached hydrogens (tertiary/aromatic N) is 2. The number of hydrogen-bond donors (Lipinski definition) is 3. The second-order valence-electron chi connectivity index (χ2n) is 8.37. The van der Waals surface area contributed by atoms with E-state index in [1.165, 1.54) is 5.57 Å². The molecule has 0 saturated carbocycles. The standard InChI is InChI=1S/C23H27N5O3S/c1-3-15-4-6-16(7-5-15)19-12-17(18-13-25-32(30,31)26-14-18)8-9-20(19)28-23(29)21-10-11-22(24-2)27-21/h6,8-9,11-12,15,18,25-26H,3-5,7,10,13-14H2,1H3,(H,28,29). The maximum absolute atomic E-state index is 12.8. The van der Waals surface area contributed by atoms with Crippen LogP contribution in [-0.4, -0.2) is 33.1 Å². The van der Waals surface area contributed by atoms with Crippen molar-refractivity contribution in [3.05, 3.63) is 58.7 Å². The zero-order chi connectivity index (χ0) is 22.7. The van der Waals surface area contributed by atoms with E-state index < -0.39 is 10.2 Å².